The van der Waals surface area contributed by atoms with Crippen molar-refractivity contribution in [1.29, 1.82) is 0 Å². The molecule has 1 aliphatic rings. The number of fused-ring (bicyclic) bond motifs is 1. The number of thiazole rings is 1. The minimum absolute atomic E-state index is 0.0400. The highest BCUT2D eigenvalue weighted by Crippen LogP contribution is 2.29. The van der Waals surface area contributed by atoms with E-state index in [2.05, 4.69) is 10.3 Å². The van der Waals surface area contributed by atoms with Crippen LogP contribution in [0, 0.1) is 6.92 Å². The van der Waals surface area contributed by atoms with E-state index in [9.17, 15) is 9.59 Å². The second-order valence-electron chi connectivity index (χ2n) is 5.59. The number of hydrogen-bond acceptors (Lipinski definition) is 5. The smallest absolute Gasteiger partial charge is 0.287 e. The molecule has 2 heterocycles. The van der Waals surface area contributed by atoms with Gasteiger partial charge >= 0.3 is 0 Å². The first-order valence-electron chi connectivity index (χ1n) is 7.44. The van der Waals surface area contributed by atoms with E-state index in [1.54, 1.807) is 18.3 Å². The highest BCUT2D eigenvalue weighted by molar-refractivity contribution is 7.11. The summed E-state index contributed by atoms with van der Waals surface area (Å²) in [4.78, 5) is 29.6. The number of carbonyl (C=O) groups is 1. The van der Waals surface area contributed by atoms with Crippen molar-refractivity contribution in [2.75, 3.05) is 0 Å². The number of aromatic nitrogens is 1. The Hall–Kier alpha value is -1.95. The van der Waals surface area contributed by atoms with Crippen LogP contribution in [0.4, 0.5) is 0 Å². The number of carbonyl (C=O) groups excluding carboxylic acids is 1. The molecular formula is C16H18N2O3S. The van der Waals surface area contributed by atoms with E-state index in [-0.39, 0.29) is 23.1 Å². The van der Waals surface area contributed by atoms with Crippen LogP contribution < -0.4 is 10.7 Å². The summed E-state index contributed by atoms with van der Waals surface area (Å²) in [6, 6.07) is 2.37. The standard InChI is InChI=1S/C16H18N2O3S/c1-9-7-11(19)8-13(21-9)15(20)17-10(2)16-18-12-5-3-4-6-14(12)22-16/h7-8,10H,3-6H2,1-2H3,(H,17,20). The van der Waals surface area contributed by atoms with E-state index in [0.29, 0.717) is 5.76 Å². The van der Waals surface area contributed by atoms with Crippen LogP contribution in [0.3, 0.4) is 0 Å². The Morgan fingerprint density at radius 3 is 2.86 bits per heavy atom. The van der Waals surface area contributed by atoms with E-state index in [1.165, 1.54) is 35.5 Å². The van der Waals surface area contributed by atoms with E-state index < -0.39 is 0 Å². The highest BCUT2D eigenvalue weighted by Gasteiger charge is 2.20. The fourth-order valence-electron chi connectivity index (χ4n) is 2.60. The minimum Gasteiger partial charge on any atom is -0.456 e. The van der Waals surface area contributed by atoms with Crippen LogP contribution in [0.5, 0.6) is 0 Å². The summed E-state index contributed by atoms with van der Waals surface area (Å²) in [6.07, 6.45) is 4.51. The van der Waals surface area contributed by atoms with Crippen molar-refractivity contribution in [2.24, 2.45) is 0 Å². The van der Waals surface area contributed by atoms with Gasteiger partial charge in [-0.05, 0) is 39.5 Å². The van der Waals surface area contributed by atoms with Gasteiger partial charge in [-0.25, -0.2) is 4.98 Å². The molecule has 1 unspecified atom stereocenters. The van der Waals surface area contributed by atoms with Gasteiger partial charge in [-0.15, -0.1) is 11.3 Å². The molecule has 1 aliphatic carbocycles. The molecule has 0 bridgehead atoms. The lowest BCUT2D eigenvalue weighted by atomic mass is 10.0. The number of amides is 1. The predicted molar refractivity (Wildman–Crippen MR) is 84.4 cm³/mol. The molecule has 5 nitrogen and oxygen atoms in total. The van der Waals surface area contributed by atoms with Gasteiger partial charge in [0.2, 0.25) is 0 Å². The van der Waals surface area contributed by atoms with Gasteiger partial charge in [-0.3, -0.25) is 9.59 Å². The van der Waals surface area contributed by atoms with Crippen molar-refractivity contribution in [3.05, 3.63) is 49.5 Å². The van der Waals surface area contributed by atoms with Crippen molar-refractivity contribution in [3.8, 4) is 0 Å². The molecule has 1 atom stereocenters. The van der Waals surface area contributed by atoms with Gasteiger partial charge in [-0.1, -0.05) is 0 Å². The summed E-state index contributed by atoms with van der Waals surface area (Å²) in [5.41, 5.74) is 0.945. The maximum absolute atomic E-state index is 12.2. The monoisotopic (exact) mass is 318 g/mol. The molecule has 1 N–H and O–H groups in total. The molecule has 0 fully saturated rings. The molecule has 2 aromatic rings. The number of aryl methyl sites for hydroxylation is 3. The normalized spacial score (nSPS) is 15.2. The zero-order valence-corrected chi connectivity index (χ0v) is 13.5. The fraction of sp³-hybridized carbons (Fsp3) is 0.438. The highest BCUT2D eigenvalue weighted by atomic mass is 32.1. The first kappa shape index (κ1) is 15.0. The van der Waals surface area contributed by atoms with Crippen molar-refractivity contribution < 1.29 is 9.21 Å². The molecule has 0 spiro atoms. The quantitative estimate of drug-likeness (QED) is 0.944. The summed E-state index contributed by atoms with van der Waals surface area (Å²) < 4.78 is 5.31. The molecule has 2 aromatic heterocycles. The maximum atomic E-state index is 12.2. The largest absolute Gasteiger partial charge is 0.456 e. The maximum Gasteiger partial charge on any atom is 0.287 e. The molecule has 6 heteroatoms. The Bertz CT molecular complexity index is 739. The van der Waals surface area contributed by atoms with Gasteiger partial charge in [0.25, 0.3) is 5.91 Å². The summed E-state index contributed by atoms with van der Waals surface area (Å²) >= 11 is 1.67. The first-order valence-corrected chi connectivity index (χ1v) is 8.25. The second kappa shape index (κ2) is 6.04. The number of nitrogens with one attached hydrogen (secondary N) is 1. The van der Waals surface area contributed by atoms with Crippen LogP contribution in [0.1, 0.15) is 57.7 Å². The fourth-order valence-corrected chi connectivity index (χ4v) is 3.76. The zero-order chi connectivity index (χ0) is 15.7. The van der Waals surface area contributed by atoms with Gasteiger partial charge in [0.05, 0.1) is 11.7 Å². The van der Waals surface area contributed by atoms with Crippen LogP contribution in [0.25, 0.3) is 0 Å². The van der Waals surface area contributed by atoms with Gasteiger partial charge in [0.1, 0.15) is 10.8 Å². The molecule has 0 radical (unpaired) electrons. The number of rotatable bonds is 3. The van der Waals surface area contributed by atoms with Crippen LogP contribution >= 0.6 is 11.3 Å². The Kier molecular flexibility index (Phi) is 4.11. The first-order chi connectivity index (χ1) is 10.5. The molecule has 0 saturated carbocycles. The lowest BCUT2D eigenvalue weighted by Crippen LogP contribution is -2.27. The third kappa shape index (κ3) is 3.11. The third-order valence-corrected chi connectivity index (χ3v) is 5.03. The lowest BCUT2D eigenvalue weighted by Gasteiger charge is -2.10. The Balaban J connectivity index is 1.75. The van der Waals surface area contributed by atoms with E-state index in [4.69, 9.17) is 4.42 Å². The average molecular weight is 318 g/mol. The SMILES string of the molecule is Cc1cc(=O)cc(C(=O)NC(C)c2nc3c(s2)CCCC3)o1. The Morgan fingerprint density at radius 2 is 2.14 bits per heavy atom. The second-order valence-corrected chi connectivity index (χ2v) is 6.71. The Labute approximate surface area is 132 Å². The minimum atomic E-state index is -0.388. The summed E-state index contributed by atoms with van der Waals surface area (Å²) in [5.74, 6) is 0.0784. The van der Waals surface area contributed by atoms with Crippen LogP contribution in [0.15, 0.2) is 21.3 Å². The van der Waals surface area contributed by atoms with Gasteiger partial charge in [-0.2, -0.15) is 0 Å². The summed E-state index contributed by atoms with van der Waals surface area (Å²) in [6.45, 7) is 3.55. The summed E-state index contributed by atoms with van der Waals surface area (Å²) in [5, 5.41) is 3.76. The van der Waals surface area contributed by atoms with Crippen molar-refractivity contribution in [3.63, 3.8) is 0 Å². The van der Waals surface area contributed by atoms with Crippen LogP contribution in [-0.2, 0) is 12.8 Å². The topological polar surface area (TPSA) is 72.2 Å². The Morgan fingerprint density at radius 1 is 1.36 bits per heavy atom. The third-order valence-electron chi connectivity index (χ3n) is 3.69. The predicted octanol–water partition coefficient (Wildman–Crippen LogP) is 2.77. The molecule has 1 amide bonds. The van der Waals surface area contributed by atoms with E-state index >= 15 is 0 Å². The molecule has 116 valence electrons. The number of hydrogen-bond donors (Lipinski definition) is 1. The molecular weight excluding hydrogens is 300 g/mol. The number of nitrogens with zero attached hydrogens (tertiary/aromatic N) is 1. The summed E-state index contributed by atoms with van der Waals surface area (Å²) in [7, 11) is 0. The van der Waals surface area contributed by atoms with Gasteiger partial charge in [0, 0.05) is 17.0 Å². The van der Waals surface area contributed by atoms with E-state index in [0.717, 1.165) is 17.8 Å². The molecule has 3 rings (SSSR count). The van der Waals surface area contributed by atoms with Crippen molar-refractivity contribution in [2.45, 2.75) is 45.6 Å². The van der Waals surface area contributed by atoms with Gasteiger partial charge < -0.3 is 9.73 Å². The average Bonchev–Trinajstić information content (AvgIpc) is 2.90. The van der Waals surface area contributed by atoms with Crippen molar-refractivity contribution >= 4 is 17.2 Å². The molecule has 0 aromatic carbocycles. The molecule has 0 aliphatic heterocycles. The van der Waals surface area contributed by atoms with Crippen molar-refractivity contribution in [1.82, 2.24) is 10.3 Å². The van der Waals surface area contributed by atoms with Crippen LogP contribution in [-0.4, -0.2) is 10.9 Å². The molecule has 22 heavy (non-hydrogen) atoms. The lowest BCUT2D eigenvalue weighted by molar-refractivity contribution is 0.0907. The van der Waals surface area contributed by atoms with Gasteiger partial charge in [0.15, 0.2) is 11.2 Å². The van der Waals surface area contributed by atoms with Crippen LogP contribution in [0.2, 0.25) is 0 Å². The zero-order valence-electron chi connectivity index (χ0n) is 12.6. The van der Waals surface area contributed by atoms with E-state index in [1.807, 2.05) is 6.92 Å². The molecule has 0 saturated heterocycles.